The Morgan fingerprint density at radius 3 is 2.50 bits per heavy atom. The molecule has 0 bridgehead atoms. The molecule has 0 aromatic carbocycles. The monoisotopic (exact) mass is 246 g/mol. The summed E-state index contributed by atoms with van der Waals surface area (Å²) in [4.78, 5) is 11.7. The van der Waals surface area contributed by atoms with Crippen molar-refractivity contribution in [2.75, 3.05) is 5.32 Å². The summed E-state index contributed by atoms with van der Waals surface area (Å²) in [5, 5.41) is 6.72. The van der Waals surface area contributed by atoms with Crippen LogP contribution in [-0.2, 0) is 11.8 Å². The van der Waals surface area contributed by atoms with Crippen LogP contribution in [0, 0.1) is 5.41 Å². The van der Waals surface area contributed by atoms with Crippen molar-refractivity contribution in [3.05, 3.63) is 12.3 Å². The first-order valence-electron chi connectivity index (χ1n) is 4.87. The number of halogens is 1. The minimum atomic E-state index is -0.542. The molecule has 0 saturated carbocycles. The minimum absolute atomic E-state index is 0. The van der Waals surface area contributed by atoms with Gasteiger partial charge >= 0.3 is 0 Å². The predicted molar refractivity (Wildman–Crippen MR) is 66.5 cm³/mol. The van der Waals surface area contributed by atoms with Gasteiger partial charge in [-0.3, -0.25) is 9.48 Å². The van der Waals surface area contributed by atoms with Crippen molar-refractivity contribution in [3.8, 4) is 0 Å². The van der Waals surface area contributed by atoms with Gasteiger partial charge in [0, 0.05) is 19.3 Å². The number of rotatable bonds is 2. The predicted octanol–water partition coefficient (Wildman–Crippen LogP) is 1.15. The molecule has 16 heavy (non-hydrogen) atoms. The lowest BCUT2D eigenvalue weighted by molar-refractivity contribution is -0.119. The highest BCUT2D eigenvalue weighted by molar-refractivity contribution is 5.94. The van der Waals surface area contributed by atoms with Crippen molar-refractivity contribution in [1.82, 2.24) is 9.78 Å². The van der Waals surface area contributed by atoms with Gasteiger partial charge in [0.2, 0.25) is 5.91 Å². The molecule has 1 heterocycles. The molecular formula is C10H19ClN4O. The smallest absolute Gasteiger partial charge is 0.243 e. The highest BCUT2D eigenvalue weighted by Gasteiger charge is 2.27. The molecule has 0 unspecified atom stereocenters. The van der Waals surface area contributed by atoms with E-state index in [9.17, 15) is 4.79 Å². The minimum Gasteiger partial charge on any atom is -0.319 e. The molecule has 92 valence electrons. The van der Waals surface area contributed by atoms with Crippen molar-refractivity contribution in [1.29, 1.82) is 0 Å². The zero-order chi connectivity index (χ0) is 11.6. The van der Waals surface area contributed by atoms with Gasteiger partial charge in [0.1, 0.15) is 0 Å². The lowest BCUT2D eigenvalue weighted by atomic mass is 9.87. The van der Waals surface area contributed by atoms with Crippen LogP contribution in [0.2, 0.25) is 0 Å². The molecule has 0 saturated heterocycles. The normalized spacial score (nSPS) is 12.8. The second kappa shape index (κ2) is 5.32. The van der Waals surface area contributed by atoms with Crippen LogP contribution in [0.1, 0.15) is 20.8 Å². The average molecular weight is 247 g/mol. The molecule has 5 nitrogen and oxygen atoms in total. The number of anilines is 1. The van der Waals surface area contributed by atoms with Crippen molar-refractivity contribution in [2.45, 2.75) is 26.8 Å². The Balaban J connectivity index is 0.00000225. The number of nitrogens with two attached hydrogens (primary N) is 1. The van der Waals surface area contributed by atoms with Gasteiger partial charge in [-0.25, -0.2) is 0 Å². The van der Waals surface area contributed by atoms with E-state index < -0.39 is 6.04 Å². The summed E-state index contributed by atoms with van der Waals surface area (Å²) < 4.78 is 1.62. The van der Waals surface area contributed by atoms with Crippen LogP contribution in [-0.4, -0.2) is 21.7 Å². The third-order valence-corrected chi connectivity index (χ3v) is 2.18. The van der Waals surface area contributed by atoms with Gasteiger partial charge in [0.05, 0.1) is 6.04 Å². The topological polar surface area (TPSA) is 72.9 Å². The van der Waals surface area contributed by atoms with E-state index in [1.54, 1.807) is 24.0 Å². The fourth-order valence-electron chi connectivity index (χ4n) is 1.08. The number of aryl methyl sites for hydroxylation is 1. The maximum atomic E-state index is 11.7. The molecule has 0 radical (unpaired) electrons. The molecule has 1 aromatic heterocycles. The number of nitrogens with one attached hydrogen (secondary N) is 1. The Morgan fingerprint density at radius 1 is 1.56 bits per heavy atom. The zero-order valence-electron chi connectivity index (χ0n) is 10.0. The largest absolute Gasteiger partial charge is 0.319 e. The third kappa shape index (κ3) is 3.83. The van der Waals surface area contributed by atoms with E-state index in [-0.39, 0.29) is 23.7 Å². The fraction of sp³-hybridized carbons (Fsp3) is 0.600. The number of nitrogens with zero attached hydrogens (tertiary/aromatic N) is 2. The molecule has 1 atom stereocenters. The Labute approximate surface area is 102 Å². The quantitative estimate of drug-likeness (QED) is 0.822. The molecule has 1 rings (SSSR count). The second-order valence-electron chi connectivity index (χ2n) is 4.71. The lowest BCUT2D eigenvalue weighted by Gasteiger charge is -2.25. The molecule has 6 heteroatoms. The van der Waals surface area contributed by atoms with Gasteiger partial charge < -0.3 is 11.1 Å². The van der Waals surface area contributed by atoms with Gasteiger partial charge in [-0.05, 0) is 5.41 Å². The van der Waals surface area contributed by atoms with Crippen LogP contribution in [0.3, 0.4) is 0 Å². The van der Waals surface area contributed by atoms with Crippen molar-refractivity contribution < 1.29 is 4.79 Å². The van der Waals surface area contributed by atoms with Crippen LogP contribution >= 0.6 is 12.4 Å². The highest BCUT2D eigenvalue weighted by Crippen LogP contribution is 2.18. The average Bonchev–Trinajstić information content (AvgIpc) is 2.48. The summed E-state index contributed by atoms with van der Waals surface area (Å²) >= 11 is 0. The van der Waals surface area contributed by atoms with Crippen LogP contribution in [0.4, 0.5) is 5.82 Å². The molecule has 0 fully saturated rings. The van der Waals surface area contributed by atoms with Gasteiger partial charge in [-0.15, -0.1) is 12.4 Å². The SMILES string of the molecule is Cl.Cn1ccc(NC(=O)[C@@H](N)C(C)(C)C)n1. The van der Waals surface area contributed by atoms with Crippen LogP contribution in [0.25, 0.3) is 0 Å². The maximum Gasteiger partial charge on any atom is 0.243 e. The van der Waals surface area contributed by atoms with E-state index in [1.165, 1.54) is 0 Å². The van der Waals surface area contributed by atoms with E-state index in [2.05, 4.69) is 10.4 Å². The zero-order valence-corrected chi connectivity index (χ0v) is 10.8. The molecule has 1 aromatic rings. The number of hydrogen-bond acceptors (Lipinski definition) is 3. The highest BCUT2D eigenvalue weighted by atomic mass is 35.5. The molecule has 0 aliphatic heterocycles. The number of amides is 1. The number of carbonyl (C=O) groups excluding carboxylic acids is 1. The number of aromatic nitrogens is 2. The van der Waals surface area contributed by atoms with Gasteiger partial charge in [-0.1, -0.05) is 20.8 Å². The van der Waals surface area contributed by atoms with E-state index in [0.717, 1.165) is 0 Å². The van der Waals surface area contributed by atoms with Crippen molar-refractivity contribution in [2.24, 2.45) is 18.2 Å². The van der Waals surface area contributed by atoms with Gasteiger partial charge in [0.25, 0.3) is 0 Å². The Bertz CT molecular complexity index is 356. The molecule has 0 spiro atoms. The number of hydrogen-bond donors (Lipinski definition) is 2. The van der Waals surface area contributed by atoms with E-state index in [1.807, 2.05) is 20.8 Å². The van der Waals surface area contributed by atoms with Crippen molar-refractivity contribution >= 4 is 24.1 Å². The first kappa shape index (κ1) is 14.9. The molecular weight excluding hydrogens is 228 g/mol. The van der Waals surface area contributed by atoms with Gasteiger partial charge in [-0.2, -0.15) is 5.10 Å². The fourth-order valence-corrected chi connectivity index (χ4v) is 1.08. The molecule has 1 amide bonds. The Hall–Kier alpha value is -1.07. The first-order chi connectivity index (χ1) is 6.80. The molecule has 0 aliphatic rings. The molecule has 3 N–H and O–H groups in total. The van der Waals surface area contributed by atoms with E-state index >= 15 is 0 Å². The van der Waals surface area contributed by atoms with E-state index in [0.29, 0.717) is 5.82 Å². The number of carbonyl (C=O) groups is 1. The summed E-state index contributed by atoms with van der Waals surface area (Å²) in [6, 6.07) is 1.19. The third-order valence-electron chi connectivity index (χ3n) is 2.18. The van der Waals surface area contributed by atoms with Crippen molar-refractivity contribution in [3.63, 3.8) is 0 Å². The molecule has 0 aliphatic carbocycles. The Kier molecular flexibility index (Phi) is 4.96. The first-order valence-corrected chi connectivity index (χ1v) is 4.87. The van der Waals surface area contributed by atoms with Crippen LogP contribution in [0.15, 0.2) is 12.3 Å². The summed E-state index contributed by atoms with van der Waals surface area (Å²) in [7, 11) is 1.79. The summed E-state index contributed by atoms with van der Waals surface area (Å²) in [6.07, 6.45) is 1.76. The van der Waals surface area contributed by atoms with Gasteiger partial charge in [0.15, 0.2) is 5.82 Å². The summed E-state index contributed by atoms with van der Waals surface area (Å²) in [6.45, 7) is 5.78. The lowest BCUT2D eigenvalue weighted by Crippen LogP contribution is -2.45. The standard InChI is InChI=1S/C10H18N4O.ClH/c1-10(2,3)8(11)9(15)12-7-5-6-14(4)13-7;/h5-6,8H,11H2,1-4H3,(H,12,13,15);1H/t8-;/m1./s1. The van der Waals surface area contributed by atoms with Crippen LogP contribution < -0.4 is 11.1 Å². The summed E-state index contributed by atoms with van der Waals surface area (Å²) in [5.41, 5.74) is 5.55. The van der Waals surface area contributed by atoms with E-state index in [4.69, 9.17) is 5.73 Å². The maximum absolute atomic E-state index is 11.7. The Morgan fingerprint density at radius 2 is 2.12 bits per heavy atom. The second-order valence-corrected chi connectivity index (χ2v) is 4.71. The van der Waals surface area contributed by atoms with Crippen LogP contribution in [0.5, 0.6) is 0 Å². The summed E-state index contributed by atoms with van der Waals surface area (Å²) in [5.74, 6) is 0.323.